The average Bonchev–Trinajstić information content (AvgIpc) is 2.47. The third-order valence-corrected chi connectivity index (χ3v) is 7.28. The van der Waals surface area contributed by atoms with Crippen molar-refractivity contribution in [1.29, 1.82) is 0 Å². The molecule has 2 rings (SSSR count). The van der Waals surface area contributed by atoms with Crippen molar-refractivity contribution in [1.82, 2.24) is 0 Å². The Labute approximate surface area is 142 Å². The van der Waals surface area contributed by atoms with E-state index in [1.807, 2.05) is 0 Å². The molecule has 8 heteroatoms. The molecule has 0 aliphatic carbocycles. The fraction of sp³-hybridized carbons (Fsp3) is 0.400. The molecule has 0 unspecified atom stereocenters. The van der Waals surface area contributed by atoms with E-state index in [0.29, 0.717) is 4.47 Å². The number of aliphatic imine (C=N–C) groups is 1. The molecule has 2 N–H and O–H groups in total. The van der Waals surface area contributed by atoms with Gasteiger partial charge < -0.3 is 5.73 Å². The molecule has 1 aromatic carbocycles. The van der Waals surface area contributed by atoms with Crippen molar-refractivity contribution in [2.24, 2.45) is 10.7 Å². The molecular formula is C15H17BrF2N2O2S. The topological polar surface area (TPSA) is 72.5 Å². The highest BCUT2D eigenvalue weighted by atomic mass is 79.9. The quantitative estimate of drug-likeness (QED) is 0.781. The SMILES string of the molecule is C=CC[C@@]1(C)C(N)=N[C@@](CF)(c2cc(Br)ccc2F)CS1(=O)=O. The number of sulfone groups is 1. The number of benzene rings is 1. The van der Waals surface area contributed by atoms with E-state index in [2.05, 4.69) is 27.5 Å². The average molecular weight is 407 g/mol. The van der Waals surface area contributed by atoms with Gasteiger partial charge in [-0.15, -0.1) is 6.58 Å². The largest absolute Gasteiger partial charge is 0.386 e. The first-order chi connectivity index (χ1) is 10.6. The highest BCUT2D eigenvalue weighted by Gasteiger charge is 2.53. The van der Waals surface area contributed by atoms with Crippen molar-refractivity contribution in [2.45, 2.75) is 23.6 Å². The van der Waals surface area contributed by atoms with E-state index in [4.69, 9.17) is 5.73 Å². The maximum absolute atomic E-state index is 14.2. The van der Waals surface area contributed by atoms with Gasteiger partial charge in [0.05, 0.1) is 5.75 Å². The normalized spacial score (nSPS) is 29.8. The molecule has 2 atom stereocenters. The van der Waals surface area contributed by atoms with Crippen molar-refractivity contribution in [3.05, 3.63) is 46.7 Å². The van der Waals surface area contributed by atoms with Crippen LogP contribution in [0.4, 0.5) is 8.78 Å². The second kappa shape index (κ2) is 5.98. The first-order valence-corrected chi connectivity index (χ1v) is 9.27. The van der Waals surface area contributed by atoms with Gasteiger partial charge in [-0.3, -0.25) is 4.99 Å². The summed E-state index contributed by atoms with van der Waals surface area (Å²) in [6.07, 6.45) is 1.47. The number of rotatable bonds is 4. The Morgan fingerprint density at radius 1 is 1.52 bits per heavy atom. The van der Waals surface area contributed by atoms with E-state index in [-0.39, 0.29) is 17.8 Å². The van der Waals surface area contributed by atoms with Crippen molar-refractivity contribution < 1.29 is 17.2 Å². The van der Waals surface area contributed by atoms with Gasteiger partial charge in [0.2, 0.25) is 0 Å². The van der Waals surface area contributed by atoms with Crippen molar-refractivity contribution in [3.8, 4) is 0 Å². The van der Waals surface area contributed by atoms with E-state index in [0.717, 1.165) is 6.07 Å². The number of hydrogen-bond donors (Lipinski definition) is 1. The number of hydrogen-bond acceptors (Lipinski definition) is 4. The monoisotopic (exact) mass is 406 g/mol. The lowest BCUT2D eigenvalue weighted by Gasteiger charge is -2.40. The summed E-state index contributed by atoms with van der Waals surface area (Å²) in [5.74, 6) is -1.62. The summed E-state index contributed by atoms with van der Waals surface area (Å²) in [5, 5.41) is 0. The Bertz CT molecular complexity index is 782. The zero-order valence-corrected chi connectivity index (χ0v) is 14.9. The molecule has 23 heavy (non-hydrogen) atoms. The molecule has 0 aromatic heterocycles. The zero-order valence-electron chi connectivity index (χ0n) is 12.5. The summed E-state index contributed by atoms with van der Waals surface area (Å²) in [6, 6.07) is 3.90. The smallest absolute Gasteiger partial charge is 0.166 e. The molecule has 1 aliphatic heterocycles. The van der Waals surface area contributed by atoms with Crippen LogP contribution in [0.15, 0.2) is 40.3 Å². The molecular weight excluding hydrogens is 390 g/mol. The molecule has 0 fully saturated rings. The Hall–Kier alpha value is -1.28. The summed E-state index contributed by atoms with van der Waals surface area (Å²) >= 11 is 3.18. The maximum Gasteiger partial charge on any atom is 0.166 e. The molecule has 1 aromatic rings. The molecule has 0 radical (unpaired) electrons. The van der Waals surface area contributed by atoms with Gasteiger partial charge in [0.1, 0.15) is 28.6 Å². The second-order valence-electron chi connectivity index (χ2n) is 5.77. The van der Waals surface area contributed by atoms with Crippen LogP contribution in [-0.4, -0.2) is 31.4 Å². The predicted octanol–water partition coefficient (Wildman–Crippen LogP) is 2.87. The van der Waals surface area contributed by atoms with Crippen LogP contribution in [0.1, 0.15) is 18.9 Å². The summed E-state index contributed by atoms with van der Waals surface area (Å²) in [4.78, 5) is 4.10. The minimum Gasteiger partial charge on any atom is -0.386 e. The van der Waals surface area contributed by atoms with Gasteiger partial charge in [-0.1, -0.05) is 22.0 Å². The zero-order chi connectivity index (χ0) is 17.5. The van der Waals surface area contributed by atoms with Crippen LogP contribution in [0.5, 0.6) is 0 Å². The molecule has 1 heterocycles. The van der Waals surface area contributed by atoms with Crippen molar-refractivity contribution in [2.75, 3.05) is 12.4 Å². The van der Waals surface area contributed by atoms with E-state index in [1.54, 1.807) is 0 Å². The highest BCUT2D eigenvalue weighted by molar-refractivity contribution is 9.10. The van der Waals surface area contributed by atoms with Gasteiger partial charge in [0, 0.05) is 10.0 Å². The van der Waals surface area contributed by atoms with E-state index in [1.165, 1.54) is 25.1 Å². The van der Waals surface area contributed by atoms with Crippen LogP contribution in [0.2, 0.25) is 0 Å². The van der Waals surface area contributed by atoms with Gasteiger partial charge in [-0.25, -0.2) is 17.2 Å². The number of amidine groups is 1. The first kappa shape index (κ1) is 18.1. The Morgan fingerprint density at radius 2 is 2.17 bits per heavy atom. The van der Waals surface area contributed by atoms with Crippen LogP contribution in [0.3, 0.4) is 0 Å². The molecule has 0 spiro atoms. The lowest BCUT2D eigenvalue weighted by Crippen LogP contribution is -2.57. The van der Waals surface area contributed by atoms with Gasteiger partial charge in [0.15, 0.2) is 9.84 Å². The number of halogens is 3. The lowest BCUT2D eigenvalue weighted by molar-refractivity contribution is 0.323. The molecule has 4 nitrogen and oxygen atoms in total. The van der Waals surface area contributed by atoms with Crippen LogP contribution in [-0.2, 0) is 15.4 Å². The summed E-state index contributed by atoms with van der Waals surface area (Å²) in [5.41, 5.74) is 3.86. The lowest BCUT2D eigenvalue weighted by atomic mass is 9.92. The Morgan fingerprint density at radius 3 is 2.70 bits per heavy atom. The number of nitrogens with two attached hydrogens (primary N) is 1. The molecule has 1 aliphatic rings. The molecule has 0 bridgehead atoms. The van der Waals surface area contributed by atoms with Crippen molar-refractivity contribution >= 4 is 31.6 Å². The maximum atomic E-state index is 14.2. The third kappa shape index (κ3) is 2.82. The number of alkyl halides is 1. The van der Waals surface area contributed by atoms with Crippen molar-refractivity contribution in [3.63, 3.8) is 0 Å². The summed E-state index contributed by atoms with van der Waals surface area (Å²) in [6.45, 7) is 3.77. The van der Waals surface area contributed by atoms with Gasteiger partial charge >= 0.3 is 0 Å². The first-order valence-electron chi connectivity index (χ1n) is 6.82. The van der Waals surface area contributed by atoms with Crippen LogP contribution in [0.25, 0.3) is 0 Å². The second-order valence-corrected chi connectivity index (χ2v) is 9.10. The predicted molar refractivity (Wildman–Crippen MR) is 90.4 cm³/mol. The van der Waals surface area contributed by atoms with Gasteiger partial charge in [-0.05, 0) is 31.5 Å². The summed E-state index contributed by atoms with van der Waals surface area (Å²) < 4.78 is 52.6. The van der Waals surface area contributed by atoms with Gasteiger partial charge in [0.25, 0.3) is 0 Å². The Balaban J connectivity index is 2.73. The van der Waals surface area contributed by atoms with Crippen LogP contribution in [0, 0.1) is 5.82 Å². The van der Waals surface area contributed by atoms with Gasteiger partial charge in [-0.2, -0.15) is 0 Å². The summed E-state index contributed by atoms with van der Waals surface area (Å²) in [7, 11) is -3.88. The Kier molecular flexibility index (Phi) is 4.69. The standard InChI is InChI=1S/C15H17BrF2N2O2S/c1-3-6-14(2)13(19)20-15(8-17,9-23(14,21)22)11-7-10(16)4-5-12(11)18/h3-5,7H,1,6,8-9H2,2H3,(H2,19,20)/t14-,15+/m0/s1. The van der Waals surface area contributed by atoms with E-state index in [9.17, 15) is 17.2 Å². The van der Waals surface area contributed by atoms with E-state index >= 15 is 0 Å². The van der Waals surface area contributed by atoms with E-state index < -0.39 is 38.4 Å². The third-order valence-electron chi connectivity index (χ3n) is 4.18. The van der Waals surface area contributed by atoms with Crippen LogP contribution < -0.4 is 5.73 Å². The molecule has 0 saturated carbocycles. The fourth-order valence-corrected chi connectivity index (χ4v) is 5.00. The fourth-order valence-electron chi connectivity index (χ4n) is 2.65. The van der Waals surface area contributed by atoms with Crippen LogP contribution >= 0.6 is 15.9 Å². The molecule has 0 saturated heterocycles. The number of nitrogens with zero attached hydrogens (tertiary/aromatic N) is 1. The number of allylic oxidation sites excluding steroid dienone is 1. The molecule has 0 amide bonds. The minimum absolute atomic E-state index is 0.0496. The minimum atomic E-state index is -3.88. The molecule has 126 valence electrons. The highest BCUT2D eigenvalue weighted by Crippen LogP contribution is 2.40.